The van der Waals surface area contributed by atoms with Gasteiger partial charge in [0.25, 0.3) is 0 Å². The zero-order chi connectivity index (χ0) is 74.4. The van der Waals surface area contributed by atoms with Crippen molar-refractivity contribution in [2.24, 2.45) is 35.5 Å². The third kappa shape index (κ3) is 25.7. The van der Waals surface area contributed by atoms with Gasteiger partial charge < -0.3 is 60.5 Å². The monoisotopic (exact) mass is 1560 g/mol. The summed E-state index contributed by atoms with van der Waals surface area (Å²) >= 11 is 15.8. The van der Waals surface area contributed by atoms with Gasteiger partial charge in [0.2, 0.25) is 70.9 Å². The van der Waals surface area contributed by atoms with Crippen molar-refractivity contribution in [1.82, 2.24) is 60.5 Å². The van der Waals surface area contributed by atoms with Gasteiger partial charge in [-0.25, -0.2) is 0 Å². The lowest BCUT2D eigenvalue weighted by molar-refractivity contribution is -0.151. The zero-order valence-corrected chi connectivity index (χ0v) is 66.3. The second-order valence-electron chi connectivity index (χ2n) is 30.8. The minimum atomic E-state index is -1.39. The lowest BCUT2D eigenvalue weighted by Crippen LogP contribution is -2.61. The van der Waals surface area contributed by atoms with Crippen LogP contribution in [0.2, 0.25) is 0 Å². The first kappa shape index (κ1) is 85.6. The van der Waals surface area contributed by atoms with Gasteiger partial charge in [-0.3, -0.25) is 57.5 Å². The Morgan fingerprint density at radius 1 is 0.490 bits per heavy atom. The van der Waals surface area contributed by atoms with Crippen LogP contribution in [0.1, 0.15) is 209 Å². The van der Waals surface area contributed by atoms with Crippen molar-refractivity contribution in [1.29, 1.82) is 0 Å². The van der Waals surface area contributed by atoms with E-state index in [1.165, 1.54) is 83.6 Å². The molecule has 24 nitrogen and oxygen atoms in total. The molecule has 2 saturated heterocycles. The number of hydrogen-bond donors (Lipinski definition) is 4. The predicted octanol–water partition coefficient (Wildman–Crippen LogP) is 7.11. The second kappa shape index (κ2) is 41.4. The molecule has 5 fully saturated rings. The molecule has 13 atom stereocenters. The number of hydrogen-bond acceptors (Lipinski definition) is 12. The fourth-order valence-electron chi connectivity index (χ4n) is 15.0. The Hall–Kier alpha value is -5.05. The first-order valence-electron chi connectivity index (χ1n) is 37.4. The van der Waals surface area contributed by atoms with Gasteiger partial charge in [0.05, 0.1) is 26.1 Å². The number of rotatable bonds is 16. The highest BCUT2D eigenvalue weighted by Gasteiger charge is 2.44. The van der Waals surface area contributed by atoms with E-state index in [9.17, 15) is 28.8 Å². The summed E-state index contributed by atoms with van der Waals surface area (Å²) in [6, 6.07) is -9.57. The van der Waals surface area contributed by atoms with Crippen LogP contribution < -0.4 is 21.3 Å². The van der Waals surface area contributed by atoms with Crippen LogP contribution in [0.25, 0.3) is 0 Å². The standard InChI is InChI=1S/C73H123Cl2IN12O12/c1-15-17-27-54-69(96)86(13)58(40-49-23-21-25-52(75)36-49)67(94)79-56(34-45(3)4)70(97)87(14)60(72(99)88-32-19-18-20-33-88)41-62(90)84(11)57(35-46(5)6)68(95)80-65(47(7)16-2)73(100)83(10)43-63(91)81(8)44-64(92)85(12)59(39-48-28-30-51(74)31-29-48)71(98)82(9)42-61(89)77-55(66(93)78-54)38-50-24-22-26-53(76)37-50/h45-60,65H,15-44H2,1-14H3,(H,77,89)(H,78,93)(H,79,94)(H,80,95)/t47-,48?,49?,50?,51?,52?,53?,54-,55-,56-,57-,58-,59-,60-,65-/m0/s1. The highest BCUT2D eigenvalue weighted by Crippen LogP contribution is 2.35. The predicted molar refractivity (Wildman–Crippen MR) is 397 cm³/mol. The van der Waals surface area contributed by atoms with E-state index >= 15 is 28.8 Å². The quantitative estimate of drug-likeness (QED) is 0.0889. The van der Waals surface area contributed by atoms with Crippen molar-refractivity contribution in [3.8, 4) is 0 Å². The molecule has 4 N–H and O–H groups in total. The molecule has 3 aliphatic carbocycles. The average Bonchev–Trinajstić information content (AvgIpc) is 0.793. The minimum absolute atomic E-state index is 0.00485. The van der Waals surface area contributed by atoms with Gasteiger partial charge in [-0.05, 0) is 145 Å². The molecule has 568 valence electrons. The molecule has 0 aromatic rings. The topological polar surface area (TPSA) is 279 Å². The fourth-order valence-corrected chi connectivity index (χ4v) is 16.8. The summed E-state index contributed by atoms with van der Waals surface area (Å²) in [6.45, 7) is 12.5. The summed E-state index contributed by atoms with van der Waals surface area (Å²) in [5.74, 6) is -8.10. The van der Waals surface area contributed by atoms with E-state index in [4.69, 9.17) is 23.2 Å². The summed E-state index contributed by atoms with van der Waals surface area (Å²) < 4.78 is 0.336. The molecule has 0 spiro atoms. The molecule has 0 aromatic carbocycles. The van der Waals surface area contributed by atoms with Gasteiger partial charge in [-0.1, -0.05) is 116 Å². The molecule has 2 aliphatic heterocycles. The molecule has 12 amide bonds. The smallest absolute Gasteiger partial charge is 0.245 e. The lowest BCUT2D eigenvalue weighted by Gasteiger charge is -2.38. The average molecular weight is 1560 g/mol. The van der Waals surface area contributed by atoms with Crippen LogP contribution in [0, 0.1) is 35.5 Å². The van der Waals surface area contributed by atoms with Crippen molar-refractivity contribution < 1.29 is 57.5 Å². The van der Waals surface area contributed by atoms with E-state index in [1.807, 2.05) is 41.5 Å². The fraction of sp³-hybridized carbons (Fsp3) is 0.836. The molecular formula is C73H123Cl2IN12O12. The van der Waals surface area contributed by atoms with Crippen molar-refractivity contribution >= 4 is 117 Å². The molecule has 5 aliphatic rings. The summed E-state index contributed by atoms with van der Waals surface area (Å²) in [6.07, 6.45) is 13.7. The maximum absolute atomic E-state index is 15.5. The highest BCUT2D eigenvalue weighted by atomic mass is 127. The molecule has 27 heteroatoms. The van der Waals surface area contributed by atoms with Gasteiger partial charge in [0, 0.05) is 77.1 Å². The molecular weight excluding hydrogens is 1430 g/mol. The lowest BCUT2D eigenvalue weighted by atomic mass is 9.83. The number of likely N-dealkylation sites (tertiary alicyclic amines) is 1. The van der Waals surface area contributed by atoms with E-state index in [-0.39, 0.29) is 78.9 Å². The van der Waals surface area contributed by atoms with Crippen molar-refractivity contribution in [2.45, 2.75) is 272 Å². The second-order valence-corrected chi connectivity index (χ2v) is 33.8. The minimum Gasteiger partial charge on any atom is -0.343 e. The highest BCUT2D eigenvalue weighted by molar-refractivity contribution is 14.1. The number of carbonyl (C=O) groups excluding carboxylic acids is 12. The van der Waals surface area contributed by atoms with E-state index in [1.54, 1.807) is 11.8 Å². The Bertz CT molecular complexity index is 2770. The van der Waals surface area contributed by atoms with E-state index < -0.39 is 151 Å². The number of alkyl halides is 3. The third-order valence-corrected chi connectivity index (χ3v) is 23.6. The van der Waals surface area contributed by atoms with Gasteiger partial charge >= 0.3 is 0 Å². The molecule has 0 radical (unpaired) electrons. The Kier molecular flexibility index (Phi) is 35.5. The number of piperidine rings is 1. The molecule has 100 heavy (non-hydrogen) atoms. The Morgan fingerprint density at radius 2 is 1.05 bits per heavy atom. The maximum atomic E-state index is 15.5. The van der Waals surface area contributed by atoms with Crippen LogP contribution in [-0.4, -0.2) is 255 Å². The first-order valence-corrected chi connectivity index (χ1v) is 39.5. The molecule has 0 bridgehead atoms. The van der Waals surface area contributed by atoms with E-state index in [0.29, 0.717) is 81.2 Å². The third-order valence-electron chi connectivity index (χ3n) is 21.7. The van der Waals surface area contributed by atoms with Crippen LogP contribution in [0.4, 0.5) is 0 Å². The summed E-state index contributed by atoms with van der Waals surface area (Å²) in [5, 5.41) is 11.8. The number of unbranched alkanes of at least 4 members (excludes halogenated alkanes) is 1. The Labute approximate surface area is 620 Å². The summed E-state index contributed by atoms with van der Waals surface area (Å²) in [7, 11) is 10.2. The molecule has 4 unspecified atom stereocenters. The van der Waals surface area contributed by atoms with Crippen LogP contribution >= 0.6 is 45.8 Å². The maximum Gasteiger partial charge on any atom is 0.245 e. The molecule has 2 heterocycles. The van der Waals surface area contributed by atoms with Crippen molar-refractivity contribution in [3.63, 3.8) is 0 Å². The summed E-state index contributed by atoms with van der Waals surface area (Å²) in [4.78, 5) is 189. The van der Waals surface area contributed by atoms with Gasteiger partial charge in [-0.2, -0.15) is 0 Å². The number of amides is 12. The number of likely N-dealkylation sites (N-methyl/N-ethyl adjacent to an activating group) is 7. The van der Waals surface area contributed by atoms with Crippen LogP contribution in [0.3, 0.4) is 0 Å². The SMILES string of the molecule is CCCC[C@@H]1NC(=O)[C@H](CC2CCCC(I)C2)NC(=O)CN(C)C(=O)[C@H](CC2CCC(Cl)CC2)N(C)C(=O)CN(C)C(=O)CN(C)C(=O)[C@H]([C@@H](C)CC)NC(=O)[C@H](CC(C)C)N(C)C(=O)C[C@@H](C(=O)N2CCCCC2)N(C)C(=O)[C@H](CC(C)C)NC(=O)[C@H](CC2CCCC(Cl)C2)N(C)C1=O. The first-order chi connectivity index (χ1) is 47.1. The Morgan fingerprint density at radius 3 is 1.65 bits per heavy atom. The normalized spacial score (nSPS) is 30.7. The van der Waals surface area contributed by atoms with Gasteiger partial charge in [0.15, 0.2) is 0 Å². The van der Waals surface area contributed by atoms with Gasteiger partial charge in [-0.15, -0.1) is 23.2 Å². The van der Waals surface area contributed by atoms with Crippen LogP contribution in [-0.2, 0) is 57.5 Å². The molecule has 5 rings (SSSR count). The van der Waals surface area contributed by atoms with Crippen molar-refractivity contribution in [3.05, 3.63) is 0 Å². The largest absolute Gasteiger partial charge is 0.343 e. The number of nitrogens with zero attached hydrogens (tertiary/aromatic N) is 8. The van der Waals surface area contributed by atoms with Crippen LogP contribution in [0.15, 0.2) is 0 Å². The number of carbonyl (C=O) groups is 12. The van der Waals surface area contributed by atoms with Crippen LogP contribution in [0.5, 0.6) is 0 Å². The van der Waals surface area contributed by atoms with Gasteiger partial charge in [0.1, 0.15) is 48.3 Å². The zero-order valence-electron chi connectivity index (χ0n) is 62.6. The van der Waals surface area contributed by atoms with Crippen molar-refractivity contribution in [2.75, 3.05) is 82.1 Å². The molecule has 0 aromatic heterocycles. The van der Waals surface area contributed by atoms with E-state index in [0.717, 1.165) is 51.4 Å². The molecule has 3 saturated carbocycles. The number of nitrogens with one attached hydrogen (secondary N) is 4. The number of halogens is 3. The summed E-state index contributed by atoms with van der Waals surface area (Å²) in [5.41, 5.74) is 0. The van der Waals surface area contributed by atoms with E-state index in [2.05, 4.69) is 43.9 Å². The Balaban J connectivity index is 1.64.